The van der Waals surface area contributed by atoms with Crippen molar-refractivity contribution >= 4 is 0 Å². The van der Waals surface area contributed by atoms with Crippen LogP contribution >= 0.6 is 0 Å². The van der Waals surface area contributed by atoms with Crippen LogP contribution in [0.15, 0.2) is 97.1 Å². The highest BCUT2D eigenvalue weighted by Gasteiger charge is 2.01. The summed E-state index contributed by atoms with van der Waals surface area (Å²) in [5.74, 6) is 1.77. The topological polar surface area (TPSA) is 27.7 Å². The second-order valence-electron chi connectivity index (χ2n) is 8.18. The third-order valence-corrected chi connectivity index (χ3v) is 5.72. The minimum absolute atomic E-state index is 0.608. The number of ether oxygens (including phenoxy) is 3. The molecular formula is C30H30O3. The first-order valence-electron chi connectivity index (χ1n) is 11.2. The van der Waals surface area contributed by atoms with E-state index in [4.69, 9.17) is 14.2 Å². The predicted molar refractivity (Wildman–Crippen MR) is 133 cm³/mol. The number of rotatable bonds is 10. The molecule has 0 fully saturated rings. The summed E-state index contributed by atoms with van der Waals surface area (Å²) >= 11 is 0. The molecule has 168 valence electrons. The highest BCUT2D eigenvalue weighted by Crippen LogP contribution is 2.17. The quantitative estimate of drug-likeness (QED) is 0.279. The van der Waals surface area contributed by atoms with E-state index >= 15 is 0 Å². The lowest BCUT2D eigenvalue weighted by atomic mass is 10.0. The maximum absolute atomic E-state index is 5.95. The van der Waals surface area contributed by atoms with Gasteiger partial charge in [0.1, 0.15) is 11.5 Å². The van der Waals surface area contributed by atoms with Gasteiger partial charge < -0.3 is 14.2 Å². The lowest BCUT2D eigenvalue weighted by Gasteiger charge is -2.08. The summed E-state index contributed by atoms with van der Waals surface area (Å²) < 4.78 is 16.4. The Hall–Kier alpha value is -3.56. The van der Waals surface area contributed by atoms with E-state index in [0.29, 0.717) is 13.2 Å². The van der Waals surface area contributed by atoms with Gasteiger partial charge in [-0.1, -0.05) is 72.8 Å². The summed E-state index contributed by atoms with van der Waals surface area (Å²) in [5, 5.41) is 0. The number of hydrogen-bond acceptors (Lipinski definition) is 3. The average molecular weight is 439 g/mol. The van der Waals surface area contributed by atoms with E-state index < -0.39 is 0 Å². The fraction of sp³-hybridized carbons (Fsp3) is 0.200. The molecule has 0 amide bonds. The Kier molecular flexibility index (Phi) is 7.78. The van der Waals surface area contributed by atoms with Crippen LogP contribution in [0.1, 0.15) is 33.4 Å². The van der Waals surface area contributed by atoms with Gasteiger partial charge in [-0.25, -0.2) is 0 Å². The zero-order valence-corrected chi connectivity index (χ0v) is 19.3. The Balaban J connectivity index is 1.23. The van der Waals surface area contributed by atoms with Crippen LogP contribution in [0.4, 0.5) is 0 Å². The van der Waals surface area contributed by atoms with E-state index in [1.165, 1.54) is 33.4 Å². The SMILES string of the molecule is COc1ccc(Cc2ccc(COCc3ccc(Cc4ccc(OC)cc4)cc3)cc2)cc1. The molecule has 0 heterocycles. The first-order chi connectivity index (χ1) is 16.2. The molecule has 3 nitrogen and oxygen atoms in total. The van der Waals surface area contributed by atoms with E-state index in [1.807, 2.05) is 24.3 Å². The maximum Gasteiger partial charge on any atom is 0.118 e. The van der Waals surface area contributed by atoms with Crippen molar-refractivity contribution in [2.24, 2.45) is 0 Å². The largest absolute Gasteiger partial charge is 0.497 e. The van der Waals surface area contributed by atoms with E-state index in [0.717, 1.165) is 24.3 Å². The molecule has 0 saturated carbocycles. The molecule has 0 unspecified atom stereocenters. The Morgan fingerprint density at radius 2 is 0.667 bits per heavy atom. The number of benzene rings is 4. The fourth-order valence-corrected chi connectivity index (χ4v) is 3.75. The van der Waals surface area contributed by atoms with Gasteiger partial charge in [0.2, 0.25) is 0 Å². The molecular weight excluding hydrogens is 408 g/mol. The van der Waals surface area contributed by atoms with Crippen molar-refractivity contribution in [3.8, 4) is 11.5 Å². The molecule has 0 radical (unpaired) electrons. The molecule has 0 aliphatic heterocycles. The molecule has 0 atom stereocenters. The maximum atomic E-state index is 5.95. The monoisotopic (exact) mass is 438 g/mol. The number of methoxy groups -OCH3 is 2. The van der Waals surface area contributed by atoms with Crippen molar-refractivity contribution < 1.29 is 14.2 Å². The van der Waals surface area contributed by atoms with Gasteiger partial charge in [0.05, 0.1) is 27.4 Å². The summed E-state index contributed by atoms with van der Waals surface area (Å²) in [6, 6.07) is 33.8. The molecule has 33 heavy (non-hydrogen) atoms. The van der Waals surface area contributed by atoms with Crippen molar-refractivity contribution in [2.45, 2.75) is 26.1 Å². The average Bonchev–Trinajstić information content (AvgIpc) is 2.87. The molecule has 0 aliphatic carbocycles. The lowest BCUT2D eigenvalue weighted by molar-refractivity contribution is 0.107. The molecule has 4 rings (SSSR count). The molecule has 0 saturated heterocycles. The van der Waals surface area contributed by atoms with Crippen LogP contribution in [0.2, 0.25) is 0 Å². The van der Waals surface area contributed by atoms with Gasteiger partial charge in [-0.15, -0.1) is 0 Å². The normalized spacial score (nSPS) is 10.7. The van der Waals surface area contributed by atoms with Crippen LogP contribution in [-0.2, 0) is 30.8 Å². The summed E-state index contributed by atoms with van der Waals surface area (Å²) in [7, 11) is 3.38. The third kappa shape index (κ3) is 6.71. The Labute approximate surface area is 196 Å². The van der Waals surface area contributed by atoms with Crippen molar-refractivity contribution in [1.82, 2.24) is 0 Å². The first kappa shape index (κ1) is 22.6. The summed E-state index contributed by atoms with van der Waals surface area (Å²) in [5.41, 5.74) is 7.49. The van der Waals surface area contributed by atoms with Gasteiger partial charge >= 0.3 is 0 Å². The highest BCUT2D eigenvalue weighted by molar-refractivity contribution is 5.34. The van der Waals surface area contributed by atoms with Crippen LogP contribution in [0.25, 0.3) is 0 Å². The van der Waals surface area contributed by atoms with E-state index in [2.05, 4.69) is 72.8 Å². The third-order valence-electron chi connectivity index (χ3n) is 5.72. The fourth-order valence-electron chi connectivity index (χ4n) is 3.75. The highest BCUT2D eigenvalue weighted by atomic mass is 16.5. The van der Waals surface area contributed by atoms with Crippen LogP contribution in [0.3, 0.4) is 0 Å². The van der Waals surface area contributed by atoms with Crippen molar-refractivity contribution in [2.75, 3.05) is 14.2 Å². The van der Waals surface area contributed by atoms with Gasteiger partial charge in [0.15, 0.2) is 0 Å². The molecule has 0 aliphatic rings. The second-order valence-corrected chi connectivity index (χ2v) is 8.18. The van der Waals surface area contributed by atoms with Gasteiger partial charge in [-0.2, -0.15) is 0 Å². The van der Waals surface area contributed by atoms with Crippen LogP contribution in [0.5, 0.6) is 11.5 Å². The van der Waals surface area contributed by atoms with Crippen molar-refractivity contribution in [1.29, 1.82) is 0 Å². The molecule has 0 bridgehead atoms. The van der Waals surface area contributed by atoms with Gasteiger partial charge in [-0.05, 0) is 70.5 Å². The van der Waals surface area contributed by atoms with E-state index in [9.17, 15) is 0 Å². The molecule has 3 heteroatoms. The molecule has 0 spiro atoms. The van der Waals surface area contributed by atoms with Gasteiger partial charge in [-0.3, -0.25) is 0 Å². The zero-order valence-electron chi connectivity index (χ0n) is 19.3. The smallest absolute Gasteiger partial charge is 0.118 e. The lowest BCUT2D eigenvalue weighted by Crippen LogP contribution is -1.96. The molecule has 0 aromatic heterocycles. The predicted octanol–water partition coefficient (Wildman–Crippen LogP) is 6.60. The minimum atomic E-state index is 0.608. The summed E-state index contributed by atoms with van der Waals surface area (Å²) in [6.07, 6.45) is 1.82. The van der Waals surface area contributed by atoms with Crippen LogP contribution in [0, 0.1) is 0 Å². The van der Waals surface area contributed by atoms with E-state index in [1.54, 1.807) is 14.2 Å². The first-order valence-corrected chi connectivity index (χ1v) is 11.2. The molecule has 0 N–H and O–H groups in total. The minimum Gasteiger partial charge on any atom is -0.497 e. The van der Waals surface area contributed by atoms with Gasteiger partial charge in [0.25, 0.3) is 0 Å². The summed E-state index contributed by atoms with van der Waals surface area (Å²) in [4.78, 5) is 0. The van der Waals surface area contributed by atoms with Crippen molar-refractivity contribution in [3.05, 3.63) is 130 Å². The zero-order chi connectivity index (χ0) is 22.9. The van der Waals surface area contributed by atoms with Gasteiger partial charge in [0, 0.05) is 0 Å². The summed E-state index contributed by atoms with van der Waals surface area (Å²) in [6.45, 7) is 1.22. The Morgan fingerprint density at radius 1 is 0.394 bits per heavy atom. The Morgan fingerprint density at radius 3 is 0.970 bits per heavy atom. The molecule has 4 aromatic rings. The Bertz CT molecular complexity index is 1020. The standard InChI is InChI=1S/C30H30O3/c1-31-29-15-11-25(12-16-29)19-23-3-7-27(8-4-23)21-33-22-28-9-5-24(6-10-28)20-26-13-17-30(32-2)18-14-26/h3-18H,19-22H2,1-2H3. The van der Waals surface area contributed by atoms with Crippen LogP contribution < -0.4 is 9.47 Å². The second kappa shape index (κ2) is 11.3. The van der Waals surface area contributed by atoms with Crippen LogP contribution in [-0.4, -0.2) is 14.2 Å². The van der Waals surface area contributed by atoms with E-state index in [-0.39, 0.29) is 0 Å². The van der Waals surface area contributed by atoms with Crippen molar-refractivity contribution in [3.63, 3.8) is 0 Å². The molecule has 4 aromatic carbocycles. The number of hydrogen-bond donors (Lipinski definition) is 0.